The summed E-state index contributed by atoms with van der Waals surface area (Å²) in [7, 11) is 0. The number of hydrogen-bond acceptors (Lipinski definition) is 9. The van der Waals surface area contributed by atoms with E-state index in [1.54, 1.807) is 53.0 Å². The minimum atomic E-state index is 0.993. The van der Waals surface area contributed by atoms with Gasteiger partial charge in [0.1, 0.15) is 19.0 Å². The van der Waals surface area contributed by atoms with Crippen molar-refractivity contribution in [2.75, 3.05) is 0 Å². The Morgan fingerprint density at radius 3 is 0.728 bits per heavy atom. The van der Waals surface area contributed by atoms with Gasteiger partial charge in [0, 0.05) is 134 Å². The summed E-state index contributed by atoms with van der Waals surface area (Å²) in [5.41, 5.74) is 31.2. The highest BCUT2D eigenvalue weighted by Gasteiger charge is 2.33. The minimum absolute atomic E-state index is 0.993. The number of hydrogen-bond donors (Lipinski definition) is 0. The van der Waals surface area contributed by atoms with Crippen LogP contribution < -0.4 is 0 Å². The Morgan fingerprint density at radius 1 is 0.156 bits per heavy atom. The number of aromatic nitrogens is 12. The summed E-state index contributed by atoms with van der Waals surface area (Å²) in [6, 6.07) is 158. The monoisotopic (exact) mass is 1930 g/mol. The highest BCUT2D eigenvalue weighted by molar-refractivity contribution is 7.28. The topological polar surface area (TPSA) is 107 Å². The molecule has 0 aliphatic rings. The third-order valence-electron chi connectivity index (χ3n) is 30.1. The summed E-state index contributed by atoms with van der Waals surface area (Å²) in [5, 5.41) is 26.0. The summed E-state index contributed by atoms with van der Waals surface area (Å²) in [6.45, 7) is 0. The van der Waals surface area contributed by atoms with Crippen LogP contribution in [-0.2, 0) is 0 Å². The lowest BCUT2D eigenvalue weighted by molar-refractivity contribution is 1.18. The van der Waals surface area contributed by atoms with Crippen molar-refractivity contribution in [2.24, 2.45) is 0 Å². The molecule has 0 atom stereocenters. The average molecular weight is 1930 g/mol. The molecule has 12 nitrogen and oxygen atoms in total. The first-order valence-electron chi connectivity index (χ1n) is 49.5. The van der Waals surface area contributed by atoms with Crippen LogP contribution >= 0.6 is 34.0 Å². The minimum Gasteiger partial charge on any atom is -0.309 e. The first kappa shape index (κ1) is 82.8. The lowest BCUT2D eigenvalue weighted by Gasteiger charge is -2.15. The van der Waals surface area contributed by atoms with E-state index in [1.165, 1.54) is 227 Å². The summed E-state index contributed by atoms with van der Waals surface area (Å²) >= 11 is 5.38. The van der Waals surface area contributed by atoms with Gasteiger partial charge in [-0.1, -0.05) is 322 Å². The van der Waals surface area contributed by atoms with Crippen LogP contribution in [0.4, 0.5) is 0 Å². The van der Waals surface area contributed by atoms with E-state index in [0.717, 1.165) is 64.8 Å². The number of nitrogens with zero attached hydrogens (tertiary/aromatic N) is 12. The van der Waals surface area contributed by atoms with E-state index in [-0.39, 0.29) is 0 Å². The molecule has 0 N–H and O–H groups in total. The molecule has 147 heavy (non-hydrogen) atoms. The lowest BCUT2D eigenvalue weighted by Crippen LogP contribution is -1.97. The molecule has 12 aromatic heterocycles. The largest absolute Gasteiger partial charge is 0.309 e. The molecular weight excluding hydrogens is 1850 g/mol. The van der Waals surface area contributed by atoms with E-state index in [9.17, 15) is 0 Å². The van der Waals surface area contributed by atoms with Gasteiger partial charge in [-0.3, -0.25) is 0 Å². The standard InChI is InChI=1S/C46H26N4S.C46H28N4S.C40H24N4S/c1-2-12-27(13-3-1)49-37-20-10-8-18-34(37)40-42-43-39(25-47-26-48-43)51-46(42)45-41(44(40)49)35-19-9-11-21-38(35)50(45)28-22-23-33-31-16-5-4-14-29(31)30-15-6-7-17-32(30)36(33)24-28;1-4-14-29(15-5-1)31-24-32(30-16-6-2-7-17-30)26-34(25-31)50-38-23-13-11-21-36(38)41-44-40(42-43-39(27-47-28-48-43)51-46(42)45(41)50)35-20-10-12-22-37(35)49(44)33-18-8-3-9-19-33;1-3-11-25(12-4-1)26-19-21-28(22-20-26)44-32-18-10-8-16-30(32)35-38-34(36-37-33(23-41-24-42-37)45-40(36)39(35)44)29-15-7-9-17-31(29)43(38)27-13-5-2-6-14-27/h1-26H;1-28H;1-24H. The molecule has 21 aromatic carbocycles. The van der Waals surface area contributed by atoms with E-state index in [1.807, 2.05) is 18.6 Å². The highest BCUT2D eigenvalue weighted by Crippen LogP contribution is 2.57. The smallest absolute Gasteiger partial charge is 0.116 e. The van der Waals surface area contributed by atoms with Gasteiger partial charge < -0.3 is 27.4 Å². The SMILES string of the molecule is c1ccc(-c2cc(-c3ccccc3)cc(-n3c4ccccc4c4c3c3sc5cncnc5c3c3c5ccccc5n(-c5ccccc5)c34)c2)cc1.c1ccc(-c2ccc(-n3c4ccccc4c4c3c3sc5cncnc5c3c3c5ccccc5n(-c5ccccc5)c34)cc2)cc1.c1ccc(-n2c3ccccc3c3c4c5ncncc5sc4c4c(c5ccccc5n4-c4ccc5c6ccccc6c6ccccc6c5c4)c32)cc1. The van der Waals surface area contributed by atoms with E-state index >= 15 is 0 Å². The Bertz CT molecular complexity index is 11200. The average Bonchev–Trinajstić information content (AvgIpc) is 1.52. The van der Waals surface area contributed by atoms with Crippen LogP contribution in [0.25, 0.3) is 292 Å². The quantitative estimate of drug-likeness (QED) is 0.133. The summed E-state index contributed by atoms with van der Waals surface area (Å²) in [4.78, 5) is 28.2. The van der Waals surface area contributed by atoms with Gasteiger partial charge in [0.15, 0.2) is 0 Å². The lowest BCUT2D eigenvalue weighted by atomic mass is 9.94. The second-order valence-electron chi connectivity index (χ2n) is 37.8. The molecule has 0 aliphatic carbocycles. The Hall–Kier alpha value is -18.9. The van der Waals surface area contributed by atoms with Crippen molar-refractivity contribution in [1.82, 2.24) is 57.3 Å². The molecule has 0 bridgehead atoms. The fourth-order valence-corrected chi connectivity index (χ4v) is 27.7. The number of thiophene rings is 3. The van der Waals surface area contributed by atoms with Crippen molar-refractivity contribution in [1.29, 1.82) is 0 Å². The van der Waals surface area contributed by atoms with E-state index < -0.39 is 0 Å². The van der Waals surface area contributed by atoms with Crippen molar-refractivity contribution >= 4 is 258 Å². The molecular formula is C132H78N12S3. The summed E-state index contributed by atoms with van der Waals surface area (Å²) in [5.74, 6) is 0. The maximum Gasteiger partial charge on any atom is 0.116 e. The zero-order valence-electron chi connectivity index (χ0n) is 78.6. The number of rotatable bonds is 9. The first-order valence-corrected chi connectivity index (χ1v) is 51.9. The molecule has 12 heterocycles. The molecule has 0 unspecified atom stereocenters. The fourth-order valence-electron chi connectivity index (χ4n) is 24.2. The summed E-state index contributed by atoms with van der Waals surface area (Å²) in [6.07, 6.45) is 11.0. The number of benzene rings is 21. The van der Waals surface area contributed by atoms with Crippen molar-refractivity contribution in [3.8, 4) is 67.5 Å². The fraction of sp³-hybridized carbons (Fsp3) is 0. The van der Waals surface area contributed by atoms with Crippen LogP contribution in [0.15, 0.2) is 474 Å². The predicted molar refractivity (Wildman–Crippen MR) is 620 cm³/mol. The van der Waals surface area contributed by atoms with Gasteiger partial charge in [0.25, 0.3) is 0 Å². The van der Waals surface area contributed by atoms with E-state index in [0.29, 0.717) is 0 Å². The van der Waals surface area contributed by atoms with E-state index in [4.69, 9.17) is 15.0 Å². The Labute approximate surface area is 850 Å². The predicted octanol–water partition coefficient (Wildman–Crippen LogP) is 35.6. The van der Waals surface area contributed by atoms with Crippen LogP contribution in [0, 0.1) is 0 Å². The van der Waals surface area contributed by atoms with Crippen molar-refractivity contribution < 1.29 is 0 Å². The van der Waals surface area contributed by atoms with Crippen LogP contribution in [0.2, 0.25) is 0 Å². The van der Waals surface area contributed by atoms with Crippen molar-refractivity contribution in [2.45, 2.75) is 0 Å². The second-order valence-corrected chi connectivity index (χ2v) is 41.0. The summed E-state index contributed by atoms with van der Waals surface area (Å²) < 4.78 is 21.8. The van der Waals surface area contributed by atoms with Gasteiger partial charge in [-0.2, -0.15) is 0 Å². The van der Waals surface area contributed by atoms with Crippen LogP contribution in [-0.4, -0.2) is 57.3 Å². The zero-order valence-corrected chi connectivity index (χ0v) is 81.1. The molecule has 0 amide bonds. The Balaban J connectivity index is 0.000000100. The van der Waals surface area contributed by atoms with Gasteiger partial charge in [-0.05, 0) is 181 Å². The Kier molecular flexibility index (Phi) is 18.5. The van der Waals surface area contributed by atoms with Gasteiger partial charge in [-0.15, -0.1) is 34.0 Å². The normalized spacial score (nSPS) is 12.1. The van der Waals surface area contributed by atoms with Gasteiger partial charge in [0.2, 0.25) is 0 Å². The van der Waals surface area contributed by atoms with Gasteiger partial charge in [-0.25, -0.2) is 29.9 Å². The van der Waals surface area contributed by atoms with Crippen molar-refractivity contribution in [3.05, 3.63) is 474 Å². The molecule has 0 radical (unpaired) electrons. The van der Waals surface area contributed by atoms with Crippen LogP contribution in [0.3, 0.4) is 0 Å². The number of para-hydroxylation sites is 9. The molecule has 0 saturated heterocycles. The molecule has 0 fully saturated rings. The van der Waals surface area contributed by atoms with Crippen LogP contribution in [0.5, 0.6) is 0 Å². The van der Waals surface area contributed by atoms with E-state index in [2.05, 4.69) is 479 Å². The maximum atomic E-state index is 4.96. The van der Waals surface area contributed by atoms with Crippen molar-refractivity contribution in [3.63, 3.8) is 0 Å². The van der Waals surface area contributed by atoms with Gasteiger partial charge >= 0.3 is 0 Å². The number of fused-ring (bicyclic) bond motifs is 42. The molecule has 0 saturated carbocycles. The molecule has 33 rings (SSSR count). The molecule has 33 aromatic rings. The molecule has 684 valence electrons. The molecule has 0 aliphatic heterocycles. The van der Waals surface area contributed by atoms with Crippen LogP contribution in [0.1, 0.15) is 0 Å². The highest BCUT2D eigenvalue weighted by atomic mass is 32.1. The molecule has 0 spiro atoms. The maximum absolute atomic E-state index is 4.96. The molecule has 15 heteroatoms. The first-order chi connectivity index (χ1) is 73.0. The van der Waals surface area contributed by atoms with Gasteiger partial charge in [0.05, 0.1) is 111 Å². The second kappa shape index (κ2) is 32.8. The Morgan fingerprint density at radius 2 is 0.395 bits per heavy atom. The third-order valence-corrected chi connectivity index (χ3v) is 33.4. The third kappa shape index (κ3) is 12.4. The zero-order chi connectivity index (χ0) is 96.2.